The summed E-state index contributed by atoms with van der Waals surface area (Å²) in [6, 6.07) is 9.88. The Morgan fingerprint density at radius 3 is 2.68 bits per heavy atom. The van der Waals surface area contributed by atoms with Gasteiger partial charge in [-0.3, -0.25) is 4.79 Å². The summed E-state index contributed by atoms with van der Waals surface area (Å²) in [5.74, 6) is -0.0344. The third kappa shape index (κ3) is 2.63. The van der Waals surface area contributed by atoms with Gasteiger partial charge in [-0.05, 0) is 36.4 Å². The van der Waals surface area contributed by atoms with E-state index in [1.54, 1.807) is 0 Å². The van der Waals surface area contributed by atoms with Crippen molar-refractivity contribution >= 4 is 28.6 Å². The Hall–Kier alpha value is -1.81. The van der Waals surface area contributed by atoms with Crippen molar-refractivity contribution in [2.24, 2.45) is 0 Å². The maximum Gasteiger partial charge on any atom is 0.256 e. The Balaban J connectivity index is 1.82. The van der Waals surface area contributed by atoms with E-state index in [0.29, 0.717) is 0 Å². The first-order valence-electron chi connectivity index (χ1n) is 6.52. The maximum absolute atomic E-state index is 12.1. The number of para-hydroxylation sites is 2. The fourth-order valence-electron chi connectivity index (χ4n) is 2.40. The molecule has 0 atom stereocenters. The highest BCUT2D eigenvalue weighted by atomic mass is 32.1. The predicted octanol–water partition coefficient (Wildman–Crippen LogP) is 3.60. The molecule has 0 radical (unpaired) electrons. The summed E-state index contributed by atoms with van der Waals surface area (Å²) in [6.07, 6.45) is 2.46. The number of carbonyl (C=O) groups is 1. The second-order valence-corrected chi connectivity index (χ2v) is 5.46. The fourth-order valence-corrected chi connectivity index (χ4v) is 3.04. The molecule has 1 aliphatic rings. The molecule has 2 aromatic rings. The Morgan fingerprint density at radius 2 is 1.95 bits per heavy atom. The molecule has 0 unspecified atom stereocenters. The van der Waals surface area contributed by atoms with Crippen molar-refractivity contribution in [2.75, 3.05) is 23.3 Å². The van der Waals surface area contributed by atoms with Crippen molar-refractivity contribution in [3.8, 4) is 0 Å². The Morgan fingerprint density at radius 1 is 1.16 bits per heavy atom. The quantitative estimate of drug-likeness (QED) is 0.926. The number of hydrogen-bond acceptors (Lipinski definition) is 3. The van der Waals surface area contributed by atoms with E-state index in [9.17, 15) is 4.79 Å². The molecule has 3 rings (SSSR count). The number of anilines is 2. The summed E-state index contributed by atoms with van der Waals surface area (Å²) in [5.41, 5.74) is 2.76. The first-order valence-corrected chi connectivity index (χ1v) is 7.46. The highest BCUT2D eigenvalue weighted by molar-refractivity contribution is 7.08. The van der Waals surface area contributed by atoms with Gasteiger partial charge in [-0.15, -0.1) is 0 Å². The van der Waals surface area contributed by atoms with Crippen LogP contribution in [-0.2, 0) is 0 Å². The highest BCUT2D eigenvalue weighted by Gasteiger charge is 2.16. The van der Waals surface area contributed by atoms with Gasteiger partial charge in [0.2, 0.25) is 0 Å². The summed E-state index contributed by atoms with van der Waals surface area (Å²) in [4.78, 5) is 14.5. The van der Waals surface area contributed by atoms with E-state index in [0.717, 1.165) is 30.0 Å². The first-order chi connectivity index (χ1) is 9.34. The number of nitrogens with zero attached hydrogens (tertiary/aromatic N) is 1. The van der Waals surface area contributed by atoms with Crippen molar-refractivity contribution in [1.29, 1.82) is 0 Å². The van der Waals surface area contributed by atoms with Crippen LogP contribution in [0.15, 0.2) is 41.1 Å². The molecular weight excluding hydrogens is 256 g/mol. The van der Waals surface area contributed by atoms with Crippen LogP contribution >= 0.6 is 11.3 Å². The highest BCUT2D eigenvalue weighted by Crippen LogP contribution is 2.29. The van der Waals surface area contributed by atoms with Gasteiger partial charge in [-0.1, -0.05) is 12.1 Å². The van der Waals surface area contributed by atoms with Crippen LogP contribution < -0.4 is 10.2 Å². The van der Waals surface area contributed by atoms with Crippen LogP contribution in [-0.4, -0.2) is 19.0 Å². The zero-order chi connectivity index (χ0) is 13.1. The van der Waals surface area contributed by atoms with E-state index >= 15 is 0 Å². The van der Waals surface area contributed by atoms with Gasteiger partial charge in [0.25, 0.3) is 5.91 Å². The molecule has 0 saturated carbocycles. The summed E-state index contributed by atoms with van der Waals surface area (Å²) in [5, 5.41) is 6.80. The average molecular weight is 272 g/mol. The standard InChI is InChI=1S/C15H16N2OS/c18-15(12-7-10-19-11-12)16-13-5-1-2-6-14(13)17-8-3-4-9-17/h1-2,5-7,10-11H,3-4,8-9H2,(H,16,18). The van der Waals surface area contributed by atoms with Crippen molar-refractivity contribution in [3.63, 3.8) is 0 Å². The van der Waals surface area contributed by atoms with Crippen molar-refractivity contribution in [3.05, 3.63) is 46.7 Å². The first kappa shape index (κ1) is 12.2. The summed E-state index contributed by atoms with van der Waals surface area (Å²) in [7, 11) is 0. The van der Waals surface area contributed by atoms with Gasteiger partial charge in [-0.2, -0.15) is 11.3 Å². The molecule has 2 heterocycles. The van der Waals surface area contributed by atoms with Gasteiger partial charge < -0.3 is 10.2 Å². The topological polar surface area (TPSA) is 32.3 Å². The monoisotopic (exact) mass is 272 g/mol. The molecular formula is C15H16N2OS. The predicted molar refractivity (Wildman–Crippen MR) is 80.2 cm³/mol. The lowest BCUT2D eigenvalue weighted by molar-refractivity contribution is 0.102. The molecule has 1 aliphatic heterocycles. The van der Waals surface area contributed by atoms with E-state index in [2.05, 4.69) is 16.3 Å². The third-order valence-electron chi connectivity index (χ3n) is 3.38. The molecule has 0 bridgehead atoms. The lowest BCUT2D eigenvalue weighted by atomic mass is 10.2. The van der Waals surface area contributed by atoms with E-state index in [1.165, 1.54) is 24.2 Å². The third-order valence-corrected chi connectivity index (χ3v) is 4.07. The number of hydrogen-bond donors (Lipinski definition) is 1. The van der Waals surface area contributed by atoms with Crippen LogP contribution in [0.4, 0.5) is 11.4 Å². The molecule has 19 heavy (non-hydrogen) atoms. The van der Waals surface area contributed by atoms with Crippen LogP contribution in [0.25, 0.3) is 0 Å². The lowest BCUT2D eigenvalue weighted by Gasteiger charge is -2.21. The van der Waals surface area contributed by atoms with Gasteiger partial charge in [0.15, 0.2) is 0 Å². The minimum absolute atomic E-state index is 0.0344. The van der Waals surface area contributed by atoms with Crippen LogP contribution in [0.5, 0.6) is 0 Å². The number of carbonyl (C=O) groups excluding carboxylic acids is 1. The summed E-state index contributed by atoms with van der Waals surface area (Å²) < 4.78 is 0. The number of benzene rings is 1. The van der Waals surface area contributed by atoms with Gasteiger partial charge >= 0.3 is 0 Å². The molecule has 4 heteroatoms. The molecule has 1 saturated heterocycles. The normalized spacial score (nSPS) is 14.6. The molecule has 98 valence electrons. The van der Waals surface area contributed by atoms with Gasteiger partial charge in [-0.25, -0.2) is 0 Å². The van der Waals surface area contributed by atoms with Crippen LogP contribution in [0, 0.1) is 0 Å². The molecule has 0 aliphatic carbocycles. The Kier molecular flexibility index (Phi) is 3.51. The van der Waals surface area contributed by atoms with E-state index < -0.39 is 0 Å². The molecule has 1 amide bonds. The average Bonchev–Trinajstić information content (AvgIpc) is 3.13. The molecule has 1 N–H and O–H groups in total. The molecule has 1 fully saturated rings. The SMILES string of the molecule is O=C(Nc1ccccc1N1CCCC1)c1ccsc1. The molecule has 1 aromatic heterocycles. The van der Waals surface area contributed by atoms with Crippen LogP contribution in [0.3, 0.4) is 0 Å². The fraction of sp³-hybridized carbons (Fsp3) is 0.267. The second kappa shape index (κ2) is 5.45. The largest absolute Gasteiger partial charge is 0.370 e. The zero-order valence-corrected chi connectivity index (χ0v) is 11.5. The summed E-state index contributed by atoms with van der Waals surface area (Å²) >= 11 is 1.54. The number of thiophene rings is 1. The zero-order valence-electron chi connectivity index (χ0n) is 10.6. The number of rotatable bonds is 3. The molecule has 3 nitrogen and oxygen atoms in total. The van der Waals surface area contributed by atoms with Crippen molar-refractivity contribution in [1.82, 2.24) is 0 Å². The number of nitrogens with one attached hydrogen (secondary N) is 1. The minimum Gasteiger partial charge on any atom is -0.370 e. The molecule has 1 aromatic carbocycles. The van der Waals surface area contributed by atoms with Crippen LogP contribution in [0.1, 0.15) is 23.2 Å². The van der Waals surface area contributed by atoms with Crippen molar-refractivity contribution in [2.45, 2.75) is 12.8 Å². The maximum atomic E-state index is 12.1. The second-order valence-electron chi connectivity index (χ2n) is 4.68. The molecule has 0 spiro atoms. The van der Waals surface area contributed by atoms with Crippen molar-refractivity contribution < 1.29 is 4.79 Å². The van der Waals surface area contributed by atoms with Gasteiger partial charge in [0, 0.05) is 18.5 Å². The lowest BCUT2D eigenvalue weighted by Crippen LogP contribution is -2.20. The smallest absolute Gasteiger partial charge is 0.256 e. The van der Waals surface area contributed by atoms with E-state index in [1.807, 2.05) is 35.0 Å². The van der Waals surface area contributed by atoms with E-state index in [-0.39, 0.29) is 5.91 Å². The van der Waals surface area contributed by atoms with Crippen LogP contribution in [0.2, 0.25) is 0 Å². The Labute approximate surface area is 116 Å². The number of amides is 1. The van der Waals surface area contributed by atoms with E-state index in [4.69, 9.17) is 0 Å². The Bertz CT molecular complexity index is 559. The summed E-state index contributed by atoms with van der Waals surface area (Å²) in [6.45, 7) is 2.15. The van der Waals surface area contributed by atoms with Gasteiger partial charge in [0.1, 0.15) is 0 Å². The minimum atomic E-state index is -0.0344. The van der Waals surface area contributed by atoms with Gasteiger partial charge in [0.05, 0.1) is 16.9 Å².